The third kappa shape index (κ3) is 4.88. The molecule has 7 heteroatoms. The number of rotatable bonds is 7. The number of nitrogens with zero attached hydrogens (tertiary/aromatic N) is 3. The van der Waals surface area contributed by atoms with Gasteiger partial charge in [-0.15, -0.1) is 0 Å². The first-order valence-electron chi connectivity index (χ1n) is 8.35. The van der Waals surface area contributed by atoms with E-state index in [1.54, 1.807) is 49.6 Å². The van der Waals surface area contributed by atoms with E-state index in [0.717, 1.165) is 11.3 Å². The lowest BCUT2D eigenvalue weighted by atomic mass is 10.1. The van der Waals surface area contributed by atoms with Crippen LogP contribution < -0.4 is 15.4 Å². The number of carbonyl (C=O) groups is 1. The molecule has 0 atom stereocenters. The summed E-state index contributed by atoms with van der Waals surface area (Å²) in [4.78, 5) is 12.6. The van der Waals surface area contributed by atoms with Crippen molar-refractivity contribution in [3.8, 4) is 24.0 Å². The summed E-state index contributed by atoms with van der Waals surface area (Å²) in [6.45, 7) is 0.385. The number of ether oxygens (including phenoxy) is 1. The lowest BCUT2D eigenvalue weighted by Gasteiger charge is -2.12. The molecule has 1 amide bonds. The van der Waals surface area contributed by atoms with E-state index < -0.39 is 0 Å². The number of benzene rings is 2. The number of anilines is 1. The highest BCUT2D eigenvalue weighted by atomic mass is 16.5. The molecule has 0 spiro atoms. The first kappa shape index (κ1) is 20.0. The van der Waals surface area contributed by atoms with Crippen LogP contribution in [0.15, 0.2) is 59.8 Å². The summed E-state index contributed by atoms with van der Waals surface area (Å²) in [6.07, 6.45) is 0.585. The average molecular weight is 371 g/mol. The molecule has 0 aliphatic carbocycles. The molecule has 0 aromatic heterocycles. The van der Waals surface area contributed by atoms with Crippen LogP contribution in [-0.4, -0.2) is 19.6 Å². The first-order chi connectivity index (χ1) is 13.6. The second-order valence-electron chi connectivity index (χ2n) is 5.57. The maximum Gasteiger partial charge on any atom is 0.253 e. The number of nitriles is 3. The van der Waals surface area contributed by atoms with Gasteiger partial charge in [-0.25, -0.2) is 0 Å². The number of amides is 1. The minimum Gasteiger partial charge on any atom is -0.496 e. The van der Waals surface area contributed by atoms with Gasteiger partial charge in [-0.05, 0) is 30.2 Å². The Balaban J connectivity index is 2.13. The monoisotopic (exact) mass is 371 g/mol. The van der Waals surface area contributed by atoms with Gasteiger partial charge in [0.1, 0.15) is 29.7 Å². The third-order valence-corrected chi connectivity index (χ3v) is 3.89. The molecule has 0 bridgehead atoms. The summed E-state index contributed by atoms with van der Waals surface area (Å²) in [5.41, 5.74) is 1.04. The summed E-state index contributed by atoms with van der Waals surface area (Å²) >= 11 is 0. The Kier molecular flexibility index (Phi) is 7.16. The van der Waals surface area contributed by atoms with Gasteiger partial charge in [0.2, 0.25) is 0 Å². The zero-order valence-electron chi connectivity index (χ0n) is 15.2. The summed E-state index contributed by atoms with van der Waals surface area (Å²) < 4.78 is 5.30. The van der Waals surface area contributed by atoms with Crippen LogP contribution in [0.4, 0.5) is 5.69 Å². The van der Waals surface area contributed by atoms with E-state index in [1.165, 1.54) is 0 Å². The minimum absolute atomic E-state index is 0.209. The molecule has 0 aliphatic rings. The quantitative estimate of drug-likeness (QED) is 0.722. The van der Waals surface area contributed by atoms with Crippen molar-refractivity contribution in [2.24, 2.45) is 0 Å². The van der Waals surface area contributed by atoms with Crippen LogP contribution in [0.5, 0.6) is 5.75 Å². The van der Waals surface area contributed by atoms with Crippen molar-refractivity contribution in [2.45, 2.75) is 6.42 Å². The van der Waals surface area contributed by atoms with E-state index in [-0.39, 0.29) is 17.2 Å². The molecule has 0 radical (unpaired) electrons. The first-order valence-corrected chi connectivity index (χ1v) is 8.35. The van der Waals surface area contributed by atoms with Crippen LogP contribution in [0, 0.1) is 34.0 Å². The highest BCUT2D eigenvalue weighted by molar-refractivity contribution is 6.00. The van der Waals surface area contributed by atoms with Gasteiger partial charge in [-0.1, -0.05) is 30.3 Å². The van der Waals surface area contributed by atoms with Gasteiger partial charge in [-0.3, -0.25) is 4.79 Å². The fourth-order valence-electron chi connectivity index (χ4n) is 2.52. The Morgan fingerprint density at radius 1 is 1.00 bits per heavy atom. The van der Waals surface area contributed by atoms with Crippen LogP contribution in [0.1, 0.15) is 15.9 Å². The molecule has 0 unspecified atom stereocenters. The fraction of sp³-hybridized carbons (Fsp3) is 0.143. The highest BCUT2D eigenvalue weighted by Gasteiger charge is 2.14. The molecule has 2 aromatic rings. The normalized spacial score (nSPS) is 9.21. The number of hydrogen-bond acceptors (Lipinski definition) is 6. The lowest BCUT2D eigenvalue weighted by Crippen LogP contribution is -2.26. The highest BCUT2D eigenvalue weighted by Crippen LogP contribution is 2.19. The molecule has 0 saturated heterocycles. The van der Waals surface area contributed by atoms with E-state index in [2.05, 4.69) is 10.6 Å². The van der Waals surface area contributed by atoms with E-state index in [0.29, 0.717) is 24.2 Å². The second kappa shape index (κ2) is 10.0. The molecule has 2 rings (SSSR count). The molecule has 138 valence electrons. The van der Waals surface area contributed by atoms with Crippen LogP contribution in [0.3, 0.4) is 0 Å². The topological polar surface area (TPSA) is 122 Å². The van der Waals surface area contributed by atoms with E-state index in [1.807, 2.05) is 24.3 Å². The minimum atomic E-state index is -0.353. The number of nitrogens with one attached hydrogen (secondary N) is 2. The molecule has 0 aliphatic heterocycles. The smallest absolute Gasteiger partial charge is 0.253 e. The van der Waals surface area contributed by atoms with Gasteiger partial charge in [0.25, 0.3) is 5.91 Å². The van der Waals surface area contributed by atoms with Crippen molar-refractivity contribution >= 4 is 11.6 Å². The van der Waals surface area contributed by atoms with Crippen molar-refractivity contribution < 1.29 is 9.53 Å². The second-order valence-corrected chi connectivity index (χ2v) is 5.57. The van der Waals surface area contributed by atoms with E-state index in [4.69, 9.17) is 15.3 Å². The molecule has 2 aromatic carbocycles. The molecule has 0 saturated carbocycles. The molecule has 0 fully saturated rings. The van der Waals surface area contributed by atoms with Crippen LogP contribution >= 0.6 is 0 Å². The fourth-order valence-corrected chi connectivity index (χ4v) is 2.52. The van der Waals surface area contributed by atoms with Gasteiger partial charge < -0.3 is 15.4 Å². The average Bonchev–Trinajstić information content (AvgIpc) is 2.74. The van der Waals surface area contributed by atoms with Crippen LogP contribution in [0.2, 0.25) is 0 Å². The summed E-state index contributed by atoms with van der Waals surface area (Å²) in [6, 6.07) is 19.2. The van der Waals surface area contributed by atoms with Crippen molar-refractivity contribution in [3.05, 3.63) is 70.9 Å². The molecule has 2 N–H and O–H groups in total. The van der Waals surface area contributed by atoms with Gasteiger partial charge in [-0.2, -0.15) is 15.8 Å². The lowest BCUT2D eigenvalue weighted by molar-refractivity contribution is 0.0955. The van der Waals surface area contributed by atoms with Gasteiger partial charge >= 0.3 is 0 Å². The maximum absolute atomic E-state index is 12.6. The molecule has 28 heavy (non-hydrogen) atoms. The zero-order valence-corrected chi connectivity index (χ0v) is 15.2. The zero-order chi connectivity index (χ0) is 20.4. The Bertz CT molecular complexity index is 1010. The van der Waals surface area contributed by atoms with Crippen molar-refractivity contribution in [3.63, 3.8) is 0 Å². The van der Waals surface area contributed by atoms with Crippen LogP contribution in [-0.2, 0) is 6.42 Å². The van der Waals surface area contributed by atoms with Crippen molar-refractivity contribution in [1.82, 2.24) is 5.32 Å². The number of allylic oxidation sites excluding steroid dienone is 2. The van der Waals surface area contributed by atoms with E-state index >= 15 is 0 Å². The Morgan fingerprint density at radius 3 is 2.36 bits per heavy atom. The van der Waals surface area contributed by atoms with Crippen molar-refractivity contribution in [2.75, 3.05) is 19.0 Å². The number of para-hydroxylation sites is 2. The predicted octanol–water partition coefficient (Wildman–Crippen LogP) is 2.90. The maximum atomic E-state index is 12.6. The van der Waals surface area contributed by atoms with Gasteiger partial charge in [0.15, 0.2) is 5.57 Å². The standard InChI is InChI=1S/C21H17N5O2/c1-28-20-9-5-2-6-15(20)10-11-25-21(27)17-7-3-4-8-18(17)26-19(14-24)16(12-22)13-23/h2-9,26H,10-11H2,1H3,(H,25,27). The van der Waals surface area contributed by atoms with Crippen molar-refractivity contribution in [1.29, 1.82) is 15.8 Å². The predicted molar refractivity (Wildman–Crippen MR) is 103 cm³/mol. The Hall–Kier alpha value is -4.28. The molecular weight excluding hydrogens is 354 g/mol. The summed E-state index contributed by atoms with van der Waals surface area (Å²) in [7, 11) is 1.59. The largest absolute Gasteiger partial charge is 0.496 e. The molecule has 0 heterocycles. The number of hydrogen-bond donors (Lipinski definition) is 2. The number of methoxy groups -OCH3 is 1. The Morgan fingerprint density at radius 2 is 1.68 bits per heavy atom. The number of carbonyl (C=O) groups excluding carboxylic acids is 1. The van der Waals surface area contributed by atoms with Gasteiger partial charge in [0.05, 0.1) is 18.4 Å². The molecule has 7 nitrogen and oxygen atoms in total. The summed E-state index contributed by atoms with van der Waals surface area (Å²) in [5.74, 6) is 0.411. The van der Waals surface area contributed by atoms with Crippen LogP contribution in [0.25, 0.3) is 0 Å². The van der Waals surface area contributed by atoms with E-state index in [9.17, 15) is 10.1 Å². The Labute approximate surface area is 163 Å². The third-order valence-electron chi connectivity index (χ3n) is 3.89. The van der Waals surface area contributed by atoms with Gasteiger partial charge in [0, 0.05) is 6.54 Å². The molecular formula is C21H17N5O2. The summed E-state index contributed by atoms with van der Waals surface area (Å²) in [5, 5.41) is 32.6. The SMILES string of the molecule is COc1ccccc1CCNC(=O)c1ccccc1NC(C#N)=C(C#N)C#N.